The zero-order valence-corrected chi connectivity index (χ0v) is 20.9. The number of aldehydes is 1. The number of rotatable bonds is 9. The minimum Gasteiger partial charge on any atom is -0.374 e. The molecule has 0 aliphatic heterocycles. The van der Waals surface area contributed by atoms with E-state index in [9.17, 15) is 13.6 Å². The van der Waals surface area contributed by atoms with Crippen molar-refractivity contribution in [2.45, 2.75) is 96.1 Å². The van der Waals surface area contributed by atoms with Crippen molar-refractivity contribution in [3.05, 3.63) is 71.8 Å². The van der Waals surface area contributed by atoms with E-state index in [1.54, 1.807) is 0 Å². The normalized spacial score (nSPS) is 24.8. The Hall–Kier alpha value is -2.11. The second-order valence-corrected chi connectivity index (χ2v) is 10.1. The van der Waals surface area contributed by atoms with Gasteiger partial charge in [0, 0.05) is 12.3 Å². The monoisotopic (exact) mass is 486 g/mol. The van der Waals surface area contributed by atoms with Crippen LogP contribution >= 0.6 is 0 Å². The number of ether oxygens (including phenoxy) is 2. The molecule has 2 fully saturated rings. The van der Waals surface area contributed by atoms with Gasteiger partial charge in [0.25, 0.3) is 0 Å². The molecule has 0 aromatic heterocycles. The third kappa shape index (κ3) is 10.2. The molecule has 5 heteroatoms. The molecule has 2 aromatic rings. The van der Waals surface area contributed by atoms with E-state index >= 15 is 0 Å². The maximum absolute atomic E-state index is 13.1. The molecule has 0 heterocycles. The van der Waals surface area contributed by atoms with Crippen molar-refractivity contribution in [2.75, 3.05) is 0 Å². The van der Waals surface area contributed by atoms with Crippen LogP contribution in [0.3, 0.4) is 0 Å². The van der Waals surface area contributed by atoms with Crippen LogP contribution in [0.15, 0.2) is 60.7 Å². The molecule has 192 valence electrons. The first-order valence-corrected chi connectivity index (χ1v) is 13.1. The summed E-state index contributed by atoms with van der Waals surface area (Å²) in [6.07, 6.45) is 9.43. The Morgan fingerprint density at radius 2 is 1.17 bits per heavy atom. The highest BCUT2D eigenvalue weighted by Crippen LogP contribution is 2.37. The molecule has 0 amide bonds. The van der Waals surface area contributed by atoms with Gasteiger partial charge in [-0.3, -0.25) is 0 Å². The molecular formula is C30H40F2O3. The molecular weight excluding hydrogens is 446 g/mol. The summed E-state index contributed by atoms with van der Waals surface area (Å²) in [5.41, 5.74) is 2.38. The van der Waals surface area contributed by atoms with Crippen molar-refractivity contribution in [1.82, 2.24) is 0 Å². The molecule has 0 unspecified atom stereocenters. The zero-order valence-electron chi connectivity index (χ0n) is 20.9. The molecule has 3 nitrogen and oxygen atoms in total. The molecule has 2 aromatic carbocycles. The maximum atomic E-state index is 13.1. The summed E-state index contributed by atoms with van der Waals surface area (Å²) in [6.45, 7) is 2.32. The molecule has 4 rings (SSSR count). The van der Waals surface area contributed by atoms with E-state index in [-0.39, 0.29) is 6.10 Å². The van der Waals surface area contributed by atoms with Gasteiger partial charge in [-0.2, -0.15) is 0 Å². The van der Waals surface area contributed by atoms with Crippen LogP contribution in [-0.4, -0.2) is 24.4 Å². The predicted octanol–water partition coefficient (Wildman–Crippen LogP) is 7.77. The molecule has 35 heavy (non-hydrogen) atoms. The van der Waals surface area contributed by atoms with E-state index < -0.39 is 11.8 Å². The fourth-order valence-electron chi connectivity index (χ4n) is 4.98. The molecule has 0 spiro atoms. The van der Waals surface area contributed by atoms with Gasteiger partial charge >= 0.3 is 0 Å². The fourth-order valence-corrected chi connectivity index (χ4v) is 4.98. The van der Waals surface area contributed by atoms with Crippen LogP contribution in [0.25, 0.3) is 0 Å². The number of benzene rings is 2. The highest BCUT2D eigenvalue weighted by Gasteiger charge is 2.37. The first kappa shape index (κ1) is 27.5. The third-order valence-electron chi connectivity index (χ3n) is 7.27. The third-order valence-corrected chi connectivity index (χ3v) is 7.27. The number of carbonyl (C=O) groups is 1. The van der Waals surface area contributed by atoms with Gasteiger partial charge in [0.2, 0.25) is 5.92 Å². The summed E-state index contributed by atoms with van der Waals surface area (Å²) in [5, 5.41) is 0. The van der Waals surface area contributed by atoms with Gasteiger partial charge in [0.15, 0.2) is 0 Å². The van der Waals surface area contributed by atoms with Crippen molar-refractivity contribution >= 4 is 6.29 Å². The van der Waals surface area contributed by atoms with Crippen molar-refractivity contribution in [3.8, 4) is 0 Å². The predicted molar refractivity (Wildman–Crippen MR) is 135 cm³/mol. The van der Waals surface area contributed by atoms with E-state index in [4.69, 9.17) is 9.47 Å². The Labute approximate surface area is 209 Å². The van der Waals surface area contributed by atoms with Crippen LogP contribution in [0.5, 0.6) is 0 Å². The van der Waals surface area contributed by atoms with Crippen LogP contribution < -0.4 is 0 Å². The lowest BCUT2D eigenvalue weighted by atomic mass is 9.84. The topological polar surface area (TPSA) is 35.5 Å². The first-order chi connectivity index (χ1) is 16.9. The van der Waals surface area contributed by atoms with Crippen LogP contribution in [0.4, 0.5) is 8.78 Å². The number of hydrogen-bond donors (Lipinski definition) is 0. The molecule has 2 saturated carbocycles. The molecule has 0 N–H and O–H groups in total. The largest absolute Gasteiger partial charge is 0.374 e. The fraction of sp³-hybridized carbons (Fsp3) is 0.567. The Morgan fingerprint density at radius 1 is 0.743 bits per heavy atom. The van der Waals surface area contributed by atoms with E-state index in [1.165, 1.54) is 5.56 Å². The van der Waals surface area contributed by atoms with Gasteiger partial charge in [-0.25, -0.2) is 8.78 Å². The Morgan fingerprint density at radius 3 is 1.57 bits per heavy atom. The quantitative estimate of drug-likeness (QED) is 0.340. The van der Waals surface area contributed by atoms with Crippen LogP contribution in [-0.2, 0) is 27.5 Å². The van der Waals surface area contributed by atoms with Gasteiger partial charge in [0.1, 0.15) is 6.29 Å². The summed E-state index contributed by atoms with van der Waals surface area (Å²) in [7, 11) is 0. The Bertz CT molecular complexity index is 822. The smallest absolute Gasteiger partial charge is 0.248 e. The second-order valence-electron chi connectivity index (χ2n) is 10.1. The van der Waals surface area contributed by atoms with E-state index in [0.717, 1.165) is 63.7 Å². The SMILES string of the molecule is CC(F)(F)C1CCC(OCc2ccccc2)CC1.O=CCC1CCC(OCc2ccccc2)CC1. The van der Waals surface area contributed by atoms with Gasteiger partial charge in [0.05, 0.1) is 25.4 Å². The summed E-state index contributed by atoms with van der Waals surface area (Å²) in [4.78, 5) is 10.4. The summed E-state index contributed by atoms with van der Waals surface area (Å²) in [6, 6.07) is 20.3. The first-order valence-electron chi connectivity index (χ1n) is 13.1. The van der Waals surface area contributed by atoms with Crippen molar-refractivity contribution in [2.24, 2.45) is 11.8 Å². The summed E-state index contributed by atoms with van der Waals surface area (Å²) in [5.74, 6) is -2.40. The molecule has 2 aliphatic carbocycles. The van der Waals surface area contributed by atoms with Gasteiger partial charge < -0.3 is 14.3 Å². The Kier molecular flexibility index (Phi) is 11.3. The average Bonchev–Trinajstić information content (AvgIpc) is 2.89. The van der Waals surface area contributed by atoms with E-state index in [0.29, 0.717) is 38.1 Å². The van der Waals surface area contributed by atoms with E-state index in [1.807, 2.05) is 48.5 Å². The van der Waals surface area contributed by atoms with E-state index in [2.05, 4.69) is 12.1 Å². The minimum atomic E-state index is -2.54. The average molecular weight is 487 g/mol. The van der Waals surface area contributed by atoms with Gasteiger partial charge in [-0.05, 0) is 75.3 Å². The van der Waals surface area contributed by atoms with Crippen LogP contribution in [0.1, 0.15) is 75.8 Å². The summed E-state index contributed by atoms with van der Waals surface area (Å²) >= 11 is 0. The molecule has 0 radical (unpaired) electrons. The van der Waals surface area contributed by atoms with Gasteiger partial charge in [-0.15, -0.1) is 0 Å². The van der Waals surface area contributed by atoms with Gasteiger partial charge in [-0.1, -0.05) is 60.7 Å². The highest BCUT2D eigenvalue weighted by atomic mass is 19.3. The van der Waals surface area contributed by atoms with Crippen LogP contribution in [0.2, 0.25) is 0 Å². The van der Waals surface area contributed by atoms with Crippen molar-refractivity contribution in [3.63, 3.8) is 0 Å². The minimum absolute atomic E-state index is 0.142. The molecule has 0 atom stereocenters. The lowest BCUT2D eigenvalue weighted by Gasteiger charge is -2.31. The maximum Gasteiger partial charge on any atom is 0.248 e. The molecule has 0 bridgehead atoms. The molecule has 2 aliphatic rings. The number of hydrogen-bond acceptors (Lipinski definition) is 3. The van der Waals surface area contributed by atoms with Crippen molar-refractivity contribution < 1.29 is 23.0 Å². The Balaban J connectivity index is 0.000000196. The van der Waals surface area contributed by atoms with Crippen LogP contribution in [0, 0.1) is 11.8 Å². The standard InChI is InChI=1S/C15H20F2O.C15H20O2/c1-15(16,17)13-7-9-14(10-8-13)18-11-12-5-3-2-4-6-12;16-11-10-13-6-8-15(9-7-13)17-12-14-4-2-1-3-5-14/h2-6,13-14H,7-11H2,1H3;1-5,11,13,15H,6-10,12H2. The second kappa shape index (κ2) is 14.4. The number of halogens is 2. The number of alkyl halides is 2. The number of carbonyl (C=O) groups excluding carboxylic acids is 1. The highest BCUT2D eigenvalue weighted by molar-refractivity contribution is 5.49. The molecule has 0 saturated heterocycles. The summed E-state index contributed by atoms with van der Waals surface area (Å²) < 4.78 is 38.0. The lowest BCUT2D eigenvalue weighted by molar-refractivity contribution is -0.109. The van der Waals surface area contributed by atoms with Crippen molar-refractivity contribution in [1.29, 1.82) is 0 Å². The lowest BCUT2D eigenvalue weighted by Crippen LogP contribution is -2.31. The zero-order chi connectivity index (χ0) is 24.9.